The number of aromatic nitrogens is 3. The van der Waals surface area contributed by atoms with E-state index in [0.717, 1.165) is 32.9 Å². The van der Waals surface area contributed by atoms with Crippen LogP contribution in [0.3, 0.4) is 0 Å². The van der Waals surface area contributed by atoms with E-state index in [-0.39, 0.29) is 37.1 Å². The molecule has 0 fully saturated rings. The van der Waals surface area contributed by atoms with Gasteiger partial charge in [0, 0.05) is 33.6 Å². The Bertz CT molecular complexity index is 2220. The zero-order valence-electron chi connectivity index (χ0n) is 25.8. The van der Waals surface area contributed by atoms with Crippen LogP contribution < -0.4 is 16.6 Å². The lowest BCUT2D eigenvalue weighted by atomic mass is 9.85. The van der Waals surface area contributed by atoms with Gasteiger partial charge in [-0.3, -0.25) is 14.4 Å². The molecular formula is C35H31N5O8. The SMILES string of the molecule is CC[C@@]1(OC(=O)C[C@@H](NC(=O)[C@@H](N)Cc2c[nH]c3ccccc23)C(=O)O)C(=O)OCc2c1cc1n(c2=O)Cc2cc3ccccc3nc2-1. The second-order valence-corrected chi connectivity index (χ2v) is 12.0. The lowest BCUT2D eigenvalue weighted by Gasteiger charge is -2.36. The van der Waals surface area contributed by atoms with Crippen molar-refractivity contribution < 1.29 is 33.8 Å². The molecule has 1 amide bonds. The van der Waals surface area contributed by atoms with E-state index in [4.69, 9.17) is 20.2 Å². The summed E-state index contributed by atoms with van der Waals surface area (Å²) in [5.74, 6) is -4.26. The Kier molecular flexibility index (Phi) is 7.55. The molecule has 0 spiro atoms. The summed E-state index contributed by atoms with van der Waals surface area (Å²) in [6, 6.07) is 15.8. The maximum atomic E-state index is 13.8. The maximum absolute atomic E-state index is 13.8. The van der Waals surface area contributed by atoms with Gasteiger partial charge in [0.25, 0.3) is 5.56 Å². The first-order chi connectivity index (χ1) is 23.1. The summed E-state index contributed by atoms with van der Waals surface area (Å²) in [5.41, 5.74) is 8.21. The molecule has 244 valence electrons. The van der Waals surface area contributed by atoms with Crippen molar-refractivity contribution >= 4 is 45.6 Å². The molecule has 0 radical (unpaired) electrons. The van der Waals surface area contributed by atoms with Crippen molar-refractivity contribution in [3.05, 3.63) is 99.5 Å². The highest BCUT2D eigenvalue weighted by Gasteiger charge is 2.50. The molecule has 2 aliphatic heterocycles. The molecule has 2 aliphatic rings. The second-order valence-electron chi connectivity index (χ2n) is 12.0. The number of aromatic amines is 1. The topological polar surface area (TPSA) is 196 Å². The molecule has 0 aliphatic carbocycles. The third kappa shape index (κ3) is 5.08. The van der Waals surface area contributed by atoms with E-state index >= 15 is 0 Å². The van der Waals surface area contributed by atoms with E-state index in [1.54, 1.807) is 23.8 Å². The van der Waals surface area contributed by atoms with Crippen molar-refractivity contribution in [1.82, 2.24) is 19.9 Å². The number of para-hydroxylation sites is 2. The summed E-state index contributed by atoms with van der Waals surface area (Å²) in [6.45, 7) is 1.54. The summed E-state index contributed by atoms with van der Waals surface area (Å²) >= 11 is 0. The Morgan fingerprint density at radius 1 is 1.15 bits per heavy atom. The number of carboxylic acids is 1. The molecule has 5 heterocycles. The molecule has 3 atom stereocenters. The van der Waals surface area contributed by atoms with E-state index in [1.807, 2.05) is 54.6 Å². The first-order valence-electron chi connectivity index (χ1n) is 15.5. The average Bonchev–Trinajstić information content (AvgIpc) is 3.65. The van der Waals surface area contributed by atoms with Crippen LogP contribution in [-0.4, -0.2) is 55.5 Å². The van der Waals surface area contributed by atoms with Gasteiger partial charge < -0.3 is 35.2 Å². The Morgan fingerprint density at radius 3 is 2.71 bits per heavy atom. The fraction of sp³-hybridized carbons (Fsp3) is 0.257. The van der Waals surface area contributed by atoms with Crippen molar-refractivity contribution in [2.75, 3.05) is 0 Å². The van der Waals surface area contributed by atoms with Crippen LogP contribution in [0.1, 0.15) is 42.0 Å². The zero-order chi connectivity index (χ0) is 33.7. The largest absolute Gasteiger partial charge is 0.480 e. The van der Waals surface area contributed by atoms with Gasteiger partial charge >= 0.3 is 17.9 Å². The van der Waals surface area contributed by atoms with Crippen LogP contribution in [0, 0.1) is 0 Å². The van der Waals surface area contributed by atoms with Gasteiger partial charge in [-0.15, -0.1) is 0 Å². The number of fused-ring (bicyclic) bond motifs is 6. The number of esters is 2. The summed E-state index contributed by atoms with van der Waals surface area (Å²) in [4.78, 5) is 73.5. The third-order valence-electron chi connectivity index (χ3n) is 9.11. The first kappa shape index (κ1) is 30.8. The van der Waals surface area contributed by atoms with Crippen molar-refractivity contribution in [3.8, 4) is 11.4 Å². The van der Waals surface area contributed by atoms with Crippen LogP contribution in [0.25, 0.3) is 33.2 Å². The Labute approximate surface area is 272 Å². The van der Waals surface area contributed by atoms with Gasteiger partial charge in [-0.2, -0.15) is 0 Å². The minimum absolute atomic E-state index is 0.106. The fourth-order valence-electron chi connectivity index (χ4n) is 6.59. The van der Waals surface area contributed by atoms with Crippen LogP contribution in [0.5, 0.6) is 0 Å². The number of nitrogens with two attached hydrogens (primary N) is 1. The number of ether oxygens (including phenoxy) is 2. The number of hydrogen-bond acceptors (Lipinski definition) is 9. The minimum atomic E-state index is -2.03. The van der Waals surface area contributed by atoms with Gasteiger partial charge in [0.1, 0.15) is 12.6 Å². The van der Waals surface area contributed by atoms with E-state index < -0.39 is 53.5 Å². The lowest BCUT2D eigenvalue weighted by molar-refractivity contribution is -0.190. The Hall–Kier alpha value is -5.82. The highest BCUT2D eigenvalue weighted by molar-refractivity contribution is 5.92. The molecule has 0 bridgehead atoms. The number of amides is 1. The van der Waals surface area contributed by atoms with Crippen LogP contribution in [0.4, 0.5) is 0 Å². The third-order valence-corrected chi connectivity index (χ3v) is 9.11. The van der Waals surface area contributed by atoms with Crippen LogP contribution in [-0.2, 0) is 53.8 Å². The molecule has 5 aromatic rings. The number of benzene rings is 2. The Morgan fingerprint density at radius 2 is 1.92 bits per heavy atom. The summed E-state index contributed by atoms with van der Waals surface area (Å²) in [6.07, 6.45) is 0.922. The molecule has 48 heavy (non-hydrogen) atoms. The number of hydrogen-bond donors (Lipinski definition) is 4. The molecule has 7 rings (SSSR count). The zero-order valence-corrected chi connectivity index (χ0v) is 25.8. The maximum Gasteiger partial charge on any atom is 0.355 e. The molecule has 3 aromatic heterocycles. The molecule has 2 aromatic carbocycles. The van der Waals surface area contributed by atoms with Gasteiger partial charge in [0.15, 0.2) is 0 Å². The second kappa shape index (κ2) is 11.8. The predicted molar refractivity (Wildman–Crippen MR) is 173 cm³/mol. The molecule has 13 heteroatoms. The first-order valence-corrected chi connectivity index (χ1v) is 15.5. The summed E-state index contributed by atoms with van der Waals surface area (Å²) < 4.78 is 12.7. The van der Waals surface area contributed by atoms with Crippen LogP contribution in [0.15, 0.2) is 71.7 Å². The van der Waals surface area contributed by atoms with E-state index in [1.165, 1.54) is 0 Å². The standard InChI is InChI=1S/C35H31N5O8/c1-2-35(48-29(41)14-27(33(44)45)39-31(42)24(36)12-19-15-37-26-10-6-4-8-21(19)26)23-13-28-30-20(11-18-7-3-5-9-25(18)38-30)16-40(28)32(43)22(23)17-47-34(35)46/h3-11,13,15,24,27,37H,2,12,14,16-17,36H2,1H3,(H,39,42)(H,44,45)/t24-,27+,35-/m0/s1. The van der Waals surface area contributed by atoms with Gasteiger partial charge in [0.05, 0.1) is 41.5 Å². The van der Waals surface area contributed by atoms with E-state index in [9.17, 15) is 29.1 Å². The van der Waals surface area contributed by atoms with Gasteiger partial charge in [-0.05, 0) is 42.7 Å². The number of rotatable bonds is 9. The smallest absolute Gasteiger partial charge is 0.355 e. The van der Waals surface area contributed by atoms with Crippen molar-refractivity contribution in [2.24, 2.45) is 5.73 Å². The summed E-state index contributed by atoms with van der Waals surface area (Å²) in [7, 11) is 0. The number of carbonyl (C=O) groups is 4. The average molecular weight is 650 g/mol. The van der Waals surface area contributed by atoms with Gasteiger partial charge in [-0.25, -0.2) is 14.6 Å². The molecule has 0 saturated heterocycles. The number of H-pyrrole nitrogens is 1. The van der Waals surface area contributed by atoms with Crippen molar-refractivity contribution in [2.45, 2.75) is 57.0 Å². The molecule has 0 unspecified atom stereocenters. The predicted octanol–water partition coefficient (Wildman–Crippen LogP) is 2.64. The lowest BCUT2D eigenvalue weighted by Crippen LogP contribution is -2.51. The number of carbonyl (C=O) groups excluding carboxylic acids is 3. The molecule has 13 nitrogen and oxygen atoms in total. The number of nitrogens with one attached hydrogen (secondary N) is 2. The molecular weight excluding hydrogens is 618 g/mol. The normalized spacial score (nSPS) is 17.6. The minimum Gasteiger partial charge on any atom is -0.480 e. The molecule has 0 saturated carbocycles. The monoisotopic (exact) mass is 649 g/mol. The Balaban J connectivity index is 1.14. The number of aliphatic carboxylic acids is 1. The summed E-state index contributed by atoms with van der Waals surface area (Å²) in [5, 5.41) is 14.0. The van der Waals surface area contributed by atoms with Gasteiger partial charge in [-0.1, -0.05) is 43.3 Å². The number of nitrogens with zero attached hydrogens (tertiary/aromatic N) is 2. The van der Waals surface area contributed by atoms with Gasteiger partial charge in [0.2, 0.25) is 11.5 Å². The van der Waals surface area contributed by atoms with Crippen LogP contribution >= 0.6 is 0 Å². The number of cyclic esters (lactones) is 1. The number of pyridine rings is 2. The fourth-order valence-corrected chi connectivity index (χ4v) is 6.59. The van der Waals surface area contributed by atoms with Crippen LogP contribution in [0.2, 0.25) is 0 Å². The number of carboxylic acid groups (broad SMARTS) is 1. The van der Waals surface area contributed by atoms with E-state index in [0.29, 0.717) is 11.4 Å². The van der Waals surface area contributed by atoms with E-state index in [2.05, 4.69) is 10.3 Å². The highest BCUT2D eigenvalue weighted by Crippen LogP contribution is 2.41. The van der Waals surface area contributed by atoms with Crippen molar-refractivity contribution in [3.63, 3.8) is 0 Å². The highest BCUT2D eigenvalue weighted by atomic mass is 16.6. The quantitative estimate of drug-likeness (QED) is 0.169. The molecule has 5 N–H and O–H groups in total. The van der Waals surface area contributed by atoms with Crippen molar-refractivity contribution in [1.29, 1.82) is 0 Å².